The molecule has 4 rings (SSSR count). The zero-order valence-electron chi connectivity index (χ0n) is 17.7. The highest BCUT2D eigenvalue weighted by molar-refractivity contribution is 6.42. The van der Waals surface area contributed by atoms with Crippen LogP contribution in [0.3, 0.4) is 0 Å². The highest BCUT2D eigenvalue weighted by Crippen LogP contribution is 2.33. The molecule has 35 heavy (non-hydrogen) atoms. The molecule has 9 nitrogen and oxygen atoms in total. The molecule has 0 unspecified atom stereocenters. The Balaban J connectivity index is 1.38. The third-order valence-electron chi connectivity index (χ3n) is 4.97. The van der Waals surface area contributed by atoms with E-state index in [-0.39, 0.29) is 32.4 Å². The molecule has 4 amide bonds. The van der Waals surface area contributed by atoms with Crippen LogP contribution in [0.15, 0.2) is 66.7 Å². The second-order valence-electron chi connectivity index (χ2n) is 7.25. The number of benzene rings is 3. The number of ether oxygens (including phenoxy) is 1. The van der Waals surface area contributed by atoms with Crippen LogP contribution in [0.1, 0.15) is 41.4 Å². The second kappa shape index (κ2) is 9.96. The summed E-state index contributed by atoms with van der Waals surface area (Å²) in [7, 11) is 0. The summed E-state index contributed by atoms with van der Waals surface area (Å²) in [5.74, 6) is -3.46. The van der Waals surface area contributed by atoms with E-state index in [9.17, 15) is 24.0 Å². The minimum absolute atomic E-state index is 0.00454. The fraction of sp³-hybridized carbons (Fsp3) is 0.0417. The van der Waals surface area contributed by atoms with Gasteiger partial charge in [0.15, 0.2) is 6.61 Å². The zero-order valence-corrected chi connectivity index (χ0v) is 19.2. The van der Waals surface area contributed by atoms with Gasteiger partial charge in [0.25, 0.3) is 23.6 Å². The number of rotatable bonds is 5. The highest BCUT2D eigenvalue weighted by Gasteiger charge is 2.37. The minimum atomic E-state index is -0.898. The molecule has 2 N–H and O–H groups in total. The van der Waals surface area contributed by atoms with E-state index in [1.54, 1.807) is 30.3 Å². The average molecular weight is 512 g/mol. The molecule has 0 fully saturated rings. The maximum absolute atomic E-state index is 12.9. The number of fused-ring (bicyclic) bond motifs is 1. The summed E-state index contributed by atoms with van der Waals surface area (Å²) in [6.45, 7) is -0.687. The van der Waals surface area contributed by atoms with Crippen LogP contribution < -0.4 is 15.8 Å². The molecule has 11 heteroatoms. The van der Waals surface area contributed by atoms with Crippen LogP contribution in [-0.4, -0.2) is 36.2 Å². The van der Waals surface area contributed by atoms with E-state index in [0.29, 0.717) is 5.56 Å². The summed E-state index contributed by atoms with van der Waals surface area (Å²) in [5, 5.41) is 0.434. The van der Waals surface area contributed by atoms with Gasteiger partial charge in [-0.3, -0.25) is 30.0 Å². The van der Waals surface area contributed by atoms with Gasteiger partial charge in [0.2, 0.25) is 0 Å². The van der Waals surface area contributed by atoms with Gasteiger partial charge in [-0.15, -0.1) is 0 Å². The van der Waals surface area contributed by atoms with Crippen molar-refractivity contribution in [3.8, 4) is 0 Å². The van der Waals surface area contributed by atoms with Gasteiger partial charge in [0, 0.05) is 5.56 Å². The Labute approximate surface area is 208 Å². The molecular weight excluding hydrogens is 497 g/mol. The van der Waals surface area contributed by atoms with E-state index in [1.165, 1.54) is 36.4 Å². The van der Waals surface area contributed by atoms with Crippen molar-refractivity contribution >= 4 is 58.5 Å². The molecular formula is C24H15Cl2N3O6. The van der Waals surface area contributed by atoms with Gasteiger partial charge in [-0.2, -0.15) is 0 Å². The molecule has 0 radical (unpaired) electrons. The number of halogens is 2. The third-order valence-corrected chi connectivity index (χ3v) is 5.71. The van der Waals surface area contributed by atoms with Gasteiger partial charge in [-0.25, -0.2) is 9.69 Å². The van der Waals surface area contributed by atoms with E-state index < -0.39 is 36.2 Å². The molecule has 0 bridgehead atoms. The van der Waals surface area contributed by atoms with Gasteiger partial charge in [-0.05, 0) is 48.5 Å². The van der Waals surface area contributed by atoms with Crippen LogP contribution in [-0.2, 0) is 9.53 Å². The maximum Gasteiger partial charge on any atom is 0.338 e. The van der Waals surface area contributed by atoms with Gasteiger partial charge in [0.1, 0.15) is 0 Å². The Bertz CT molecular complexity index is 1380. The number of hydrogen-bond donors (Lipinski definition) is 2. The predicted octanol–water partition coefficient (Wildman–Crippen LogP) is 3.41. The van der Waals surface area contributed by atoms with E-state index in [4.69, 9.17) is 27.9 Å². The Kier molecular flexibility index (Phi) is 6.81. The summed E-state index contributed by atoms with van der Waals surface area (Å²) in [5.41, 5.74) is 4.94. The zero-order chi connectivity index (χ0) is 25.1. The minimum Gasteiger partial charge on any atom is -0.452 e. The van der Waals surface area contributed by atoms with E-state index in [1.807, 2.05) is 0 Å². The average Bonchev–Trinajstić information content (AvgIpc) is 3.12. The summed E-state index contributed by atoms with van der Waals surface area (Å²) in [6, 6.07) is 16.3. The first-order valence-electron chi connectivity index (χ1n) is 10.1. The van der Waals surface area contributed by atoms with Crippen LogP contribution in [0.25, 0.3) is 0 Å². The topological polar surface area (TPSA) is 122 Å². The number of hydrazine groups is 1. The highest BCUT2D eigenvalue weighted by atomic mass is 35.5. The first-order valence-corrected chi connectivity index (χ1v) is 10.8. The fourth-order valence-corrected chi connectivity index (χ4v) is 3.56. The molecule has 0 atom stereocenters. The second-order valence-corrected chi connectivity index (χ2v) is 8.06. The lowest BCUT2D eigenvalue weighted by molar-refractivity contribution is -0.125. The molecule has 0 spiro atoms. The number of esters is 1. The van der Waals surface area contributed by atoms with Crippen molar-refractivity contribution in [3.05, 3.63) is 99.0 Å². The van der Waals surface area contributed by atoms with Gasteiger partial charge in [-0.1, -0.05) is 41.4 Å². The molecule has 1 aliphatic rings. The van der Waals surface area contributed by atoms with Crippen LogP contribution in [0.4, 0.5) is 5.69 Å². The maximum atomic E-state index is 12.9. The lowest BCUT2D eigenvalue weighted by atomic mass is 10.1. The summed E-state index contributed by atoms with van der Waals surface area (Å²) in [4.78, 5) is 62.8. The number of carbonyl (C=O) groups excluding carboxylic acids is 5. The number of imide groups is 1. The first kappa shape index (κ1) is 23.9. The molecule has 0 aromatic heterocycles. The molecule has 176 valence electrons. The summed E-state index contributed by atoms with van der Waals surface area (Å²) >= 11 is 11.9. The molecule has 0 saturated carbocycles. The van der Waals surface area contributed by atoms with Crippen molar-refractivity contribution in [3.63, 3.8) is 0 Å². The van der Waals surface area contributed by atoms with Gasteiger partial charge < -0.3 is 4.74 Å². The third kappa shape index (κ3) is 5.01. The monoisotopic (exact) mass is 511 g/mol. The number of hydrogen-bond acceptors (Lipinski definition) is 6. The number of amides is 4. The largest absolute Gasteiger partial charge is 0.452 e. The Hall–Kier alpha value is -4.21. The van der Waals surface area contributed by atoms with Crippen molar-refractivity contribution in [2.75, 3.05) is 11.5 Å². The summed E-state index contributed by atoms with van der Waals surface area (Å²) < 4.78 is 4.95. The normalized spacial score (nSPS) is 12.2. The molecule has 1 heterocycles. The van der Waals surface area contributed by atoms with Gasteiger partial charge in [0.05, 0.1) is 32.4 Å². The standard InChI is InChI=1S/C24H15Cl2N3O6/c25-18-9-7-15(11-19(18)26)29-22(32)16-8-6-14(10-17(16)23(29)33)24(34)35-12-20(30)27-28-21(31)13-4-2-1-3-5-13/h1-11H,12H2,(H,27,30)(H,28,31). The Morgan fingerprint density at radius 2 is 1.49 bits per heavy atom. The smallest absolute Gasteiger partial charge is 0.338 e. The van der Waals surface area contributed by atoms with Crippen LogP contribution in [0.5, 0.6) is 0 Å². The quantitative estimate of drug-likeness (QED) is 0.307. The number of carbonyl (C=O) groups is 5. The SMILES string of the molecule is O=C(COC(=O)c1ccc2c(c1)C(=O)N(c1ccc(Cl)c(Cl)c1)C2=O)NNC(=O)c1ccccc1. The fourth-order valence-electron chi connectivity index (χ4n) is 3.27. The molecule has 3 aromatic rings. The Morgan fingerprint density at radius 3 is 2.20 bits per heavy atom. The summed E-state index contributed by atoms with van der Waals surface area (Å²) in [6.07, 6.45) is 0. The Morgan fingerprint density at radius 1 is 0.771 bits per heavy atom. The molecule has 1 aliphatic heterocycles. The molecule has 3 aromatic carbocycles. The first-order chi connectivity index (χ1) is 16.8. The van der Waals surface area contributed by atoms with Crippen LogP contribution in [0, 0.1) is 0 Å². The number of nitrogens with zero attached hydrogens (tertiary/aromatic N) is 1. The molecule has 0 aliphatic carbocycles. The van der Waals surface area contributed by atoms with Gasteiger partial charge >= 0.3 is 5.97 Å². The molecule has 0 saturated heterocycles. The number of anilines is 1. The van der Waals surface area contributed by atoms with Crippen molar-refractivity contribution < 1.29 is 28.7 Å². The van der Waals surface area contributed by atoms with Crippen molar-refractivity contribution in [1.29, 1.82) is 0 Å². The van der Waals surface area contributed by atoms with Crippen molar-refractivity contribution in [2.45, 2.75) is 0 Å². The van der Waals surface area contributed by atoms with E-state index in [0.717, 1.165) is 4.90 Å². The van der Waals surface area contributed by atoms with E-state index >= 15 is 0 Å². The van der Waals surface area contributed by atoms with Crippen LogP contribution >= 0.6 is 23.2 Å². The predicted molar refractivity (Wildman–Crippen MR) is 126 cm³/mol. The van der Waals surface area contributed by atoms with E-state index in [2.05, 4.69) is 10.9 Å². The number of nitrogens with one attached hydrogen (secondary N) is 2. The van der Waals surface area contributed by atoms with Crippen LogP contribution in [0.2, 0.25) is 10.0 Å². The van der Waals surface area contributed by atoms with Crippen molar-refractivity contribution in [1.82, 2.24) is 10.9 Å². The lowest BCUT2D eigenvalue weighted by Gasteiger charge is -2.14. The van der Waals surface area contributed by atoms with Crippen molar-refractivity contribution in [2.24, 2.45) is 0 Å². The lowest BCUT2D eigenvalue weighted by Crippen LogP contribution is -2.43.